The van der Waals surface area contributed by atoms with Gasteiger partial charge in [-0.15, -0.1) is 0 Å². The van der Waals surface area contributed by atoms with Crippen molar-refractivity contribution in [3.05, 3.63) is 95.1 Å². The standard InChI is InChI=1S/C26H20/c1-26(2)24-10-6-5-9-20(24)21-12-11-17-14-18-13-16-7-3-4-8-19(16)22(18)15-23(17)25(21)26/h3-12,14-15H,13H2,1-2H3. The summed E-state index contributed by atoms with van der Waals surface area (Å²) in [5.41, 5.74) is 11.5. The third kappa shape index (κ3) is 1.65. The number of rotatable bonds is 0. The summed E-state index contributed by atoms with van der Waals surface area (Å²) < 4.78 is 0. The van der Waals surface area contributed by atoms with Crippen molar-refractivity contribution in [3.63, 3.8) is 0 Å². The van der Waals surface area contributed by atoms with Crippen molar-refractivity contribution in [3.8, 4) is 22.3 Å². The number of benzene rings is 4. The number of fused-ring (bicyclic) bond motifs is 8. The Morgan fingerprint density at radius 2 is 1.42 bits per heavy atom. The molecule has 0 spiro atoms. The van der Waals surface area contributed by atoms with Crippen LogP contribution in [0, 0.1) is 0 Å². The zero-order valence-corrected chi connectivity index (χ0v) is 15.1. The van der Waals surface area contributed by atoms with E-state index in [2.05, 4.69) is 86.6 Å². The van der Waals surface area contributed by atoms with E-state index in [9.17, 15) is 0 Å². The molecule has 2 aliphatic carbocycles. The van der Waals surface area contributed by atoms with Crippen LogP contribution in [0.15, 0.2) is 72.8 Å². The third-order valence-electron chi connectivity index (χ3n) is 6.45. The third-order valence-corrected chi connectivity index (χ3v) is 6.45. The summed E-state index contributed by atoms with van der Waals surface area (Å²) >= 11 is 0. The summed E-state index contributed by atoms with van der Waals surface area (Å²) in [5.74, 6) is 0. The fourth-order valence-corrected chi connectivity index (χ4v) is 5.25. The molecule has 26 heavy (non-hydrogen) atoms. The van der Waals surface area contributed by atoms with E-state index in [1.54, 1.807) is 0 Å². The SMILES string of the molecule is CC1(C)c2ccccc2-c2ccc3cc4c(cc3c21)-c1ccccc1C4. The molecular weight excluding hydrogens is 312 g/mol. The topological polar surface area (TPSA) is 0 Å². The van der Waals surface area contributed by atoms with Crippen molar-refractivity contribution in [1.29, 1.82) is 0 Å². The average Bonchev–Trinajstić information content (AvgIpc) is 3.13. The summed E-state index contributed by atoms with van der Waals surface area (Å²) in [4.78, 5) is 0. The first-order valence-electron chi connectivity index (χ1n) is 9.43. The van der Waals surface area contributed by atoms with Gasteiger partial charge in [0, 0.05) is 5.41 Å². The minimum Gasteiger partial charge on any atom is -0.0619 e. The summed E-state index contributed by atoms with van der Waals surface area (Å²) in [6, 6.07) is 27.3. The molecule has 2 aliphatic rings. The lowest BCUT2D eigenvalue weighted by atomic mass is 9.79. The second-order valence-corrected chi connectivity index (χ2v) is 8.22. The van der Waals surface area contributed by atoms with Gasteiger partial charge in [-0.3, -0.25) is 0 Å². The molecule has 4 aromatic carbocycles. The predicted molar refractivity (Wildman–Crippen MR) is 110 cm³/mol. The van der Waals surface area contributed by atoms with Crippen LogP contribution in [-0.2, 0) is 11.8 Å². The van der Waals surface area contributed by atoms with Gasteiger partial charge in [0.1, 0.15) is 0 Å². The molecular formula is C26H20. The Bertz CT molecular complexity index is 1220. The van der Waals surface area contributed by atoms with Gasteiger partial charge in [-0.2, -0.15) is 0 Å². The summed E-state index contributed by atoms with van der Waals surface area (Å²) in [5, 5.41) is 2.79. The lowest BCUT2D eigenvalue weighted by molar-refractivity contribution is 0.666. The highest BCUT2D eigenvalue weighted by Gasteiger charge is 2.36. The van der Waals surface area contributed by atoms with Crippen molar-refractivity contribution in [1.82, 2.24) is 0 Å². The first-order chi connectivity index (χ1) is 12.6. The zero-order valence-electron chi connectivity index (χ0n) is 15.1. The van der Waals surface area contributed by atoms with Gasteiger partial charge < -0.3 is 0 Å². The van der Waals surface area contributed by atoms with Gasteiger partial charge in [0.25, 0.3) is 0 Å². The molecule has 0 heterocycles. The smallest absolute Gasteiger partial charge is 0.0165 e. The monoisotopic (exact) mass is 332 g/mol. The van der Waals surface area contributed by atoms with Gasteiger partial charge in [-0.05, 0) is 67.8 Å². The molecule has 6 rings (SSSR count). The predicted octanol–water partition coefficient (Wildman–Crippen LogP) is 6.72. The van der Waals surface area contributed by atoms with Crippen LogP contribution < -0.4 is 0 Å². The van der Waals surface area contributed by atoms with Gasteiger partial charge in [0.15, 0.2) is 0 Å². The van der Waals surface area contributed by atoms with Crippen LogP contribution in [0.1, 0.15) is 36.1 Å². The summed E-state index contributed by atoms with van der Waals surface area (Å²) in [6.07, 6.45) is 1.06. The summed E-state index contributed by atoms with van der Waals surface area (Å²) in [7, 11) is 0. The molecule has 0 fully saturated rings. The molecule has 0 radical (unpaired) electrons. The van der Waals surface area contributed by atoms with E-state index in [0.29, 0.717) is 0 Å². The maximum absolute atomic E-state index is 2.46. The number of hydrogen-bond donors (Lipinski definition) is 0. The van der Waals surface area contributed by atoms with Crippen LogP contribution in [0.4, 0.5) is 0 Å². The zero-order chi connectivity index (χ0) is 17.5. The molecule has 0 amide bonds. The maximum Gasteiger partial charge on any atom is 0.0165 e. The normalized spacial score (nSPS) is 15.5. The second-order valence-electron chi connectivity index (χ2n) is 8.22. The van der Waals surface area contributed by atoms with Crippen molar-refractivity contribution >= 4 is 10.8 Å². The van der Waals surface area contributed by atoms with Gasteiger partial charge in [-0.25, -0.2) is 0 Å². The van der Waals surface area contributed by atoms with Crippen LogP contribution in [0.2, 0.25) is 0 Å². The Balaban J connectivity index is 1.72. The quantitative estimate of drug-likeness (QED) is 0.295. The van der Waals surface area contributed by atoms with Crippen LogP contribution in [-0.4, -0.2) is 0 Å². The lowest BCUT2D eigenvalue weighted by Crippen LogP contribution is -2.15. The van der Waals surface area contributed by atoms with E-state index in [-0.39, 0.29) is 5.41 Å². The molecule has 0 aliphatic heterocycles. The second kappa shape index (κ2) is 4.65. The first kappa shape index (κ1) is 14.3. The minimum absolute atomic E-state index is 0.0395. The van der Waals surface area contributed by atoms with Gasteiger partial charge >= 0.3 is 0 Å². The van der Waals surface area contributed by atoms with E-state index in [1.165, 1.54) is 55.3 Å². The Kier molecular flexibility index (Phi) is 2.56. The lowest BCUT2D eigenvalue weighted by Gasteiger charge is -2.23. The van der Waals surface area contributed by atoms with Crippen molar-refractivity contribution < 1.29 is 0 Å². The molecule has 0 unspecified atom stereocenters. The highest BCUT2D eigenvalue weighted by Crippen LogP contribution is 2.52. The fraction of sp³-hybridized carbons (Fsp3) is 0.154. The molecule has 0 heteroatoms. The highest BCUT2D eigenvalue weighted by atomic mass is 14.4. The molecule has 0 bridgehead atoms. The molecule has 0 aromatic heterocycles. The van der Waals surface area contributed by atoms with E-state index in [0.717, 1.165) is 6.42 Å². The van der Waals surface area contributed by atoms with E-state index < -0.39 is 0 Å². The van der Waals surface area contributed by atoms with Crippen LogP contribution >= 0.6 is 0 Å². The molecule has 0 saturated carbocycles. The van der Waals surface area contributed by atoms with Crippen molar-refractivity contribution in [2.45, 2.75) is 25.7 Å². The van der Waals surface area contributed by atoms with Gasteiger partial charge in [-0.1, -0.05) is 80.6 Å². The van der Waals surface area contributed by atoms with Crippen molar-refractivity contribution in [2.75, 3.05) is 0 Å². The Hall–Kier alpha value is -2.86. The summed E-state index contributed by atoms with van der Waals surface area (Å²) in [6.45, 7) is 4.75. The molecule has 124 valence electrons. The van der Waals surface area contributed by atoms with E-state index in [1.807, 2.05) is 0 Å². The Morgan fingerprint density at radius 1 is 0.654 bits per heavy atom. The van der Waals surface area contributed by atoms with Crippen LogP contribution in [0.5, 0.6) is 0 Å². The van der Waals surface area contributed by atoms with Crippen LogP contribution in [0.25, 0.3) is 33.0 Å². The molecule has 0 N–H and O–H groups in total. The molecule has 4 aromatic rings. The average molecular weight is 332 g/mol. The Labute approximate surface area is 154 Å². The van der Waals surface area contributed by atoms with E-state index in [4.69, 9.17) is 0 Å². The highest BCUT2D eigenvalue weighted by molar-refractivity contribution is 6.00. The molecule has 0 atom stereocenters. The fourth-order valence-electron chi connectivity index (χ4n) is 5.25. The van der Waals surface area contributed by atoms with Crippen LogP contribution in [0.3, 0.4) is 0 Å². The Morgan fingerprint density at radius 3 is 2.31 bits per heavy atom. The van der Waals surface area contributed by atoms with Crippen molar-refractivity contribution in [2.24, 2.45) is 0 Å². The van der Waals surface area contributed by atoms with Gasteiger partial charge in [0.2, 0.25) is 0 Å². The maximum atomic E-state index is 2.46. The number of hydrogen-bond acceptors (Lipinski definition) is 0. The first-order valence-corrected chi connectivity index (χ1v) is 9.43. The van der Waals surface area contributed by atoms with E-state index >= 15 is 0 Å². The molecule has 0 nitrogen and oxygen atoms in total. The van der Waals surface area contributed by atoms with Gasteiger partial charge in [0.05, 0.1) is 0 Å². The minimum atomic E-state index is 0.0395. The largest absolute Gasteiger partial charge is 0.0619 e. The molecule has 0 saturated heterocycles.